The van der Waals surface area contributed by atoms with E-state index in [4.69, 9.17) is 27.9 Å². The van der Waals surface area contributed by atoms with Crippen LogP contribution in [0, 0.1) is 5.92 Å². The van der Waals surface area contributed by atoms with Gasteiger partial charge in [-0.1, -0.05) is 51.3 Å². The van der Waals surface area contributed by atoms with Crippen molar-refractivity contribution in [3.8, 4) is 5.75 Å². The first-order valence-electron chi connectivity index (χ1n) is 10.6. The first-order valence-corrected chi connectivity index (χ1v) is 13.7. The molecule has 0 saturated carbocycles. The summed E-state index contributed by atoms with van der Waals surface area (Å²) in [4.78, 5) is 0.182. The Balaban J connectivity index is 1.51. The van der Waals surface area contributed by atoms with Crippen LogP contribution in [0.4, 0.5) is 11.4 Å². The summed E-state index contributed by atoms with van der Waals surface area (Å²) in [7, 11) is -2.16. The molecule has 0 radical (unpaired) electrons. The van der Waals surface area contributed by atoms with Gasteiger partial charge in [0.25, 0.3) is 10.0 Å². The second-order valence-corrected chi connectivity index (χ2v) is 11.8. The van der Waals surface area contributed by atoms with Gasteiger partial charge in [0.05, 0.1) is 23.7 Å². The average Bonchev–Trinajstić information content (AvgIpc) is 3.27. The Morgan fingerprint density at radius 1 is 1.03 bits per heavy atom. The number of allylic oxidation sites excluding steroid dienone is 2. The maximum absolute atomic E-state index is 13.2. The molecular formula is C25H21BrCl2N2O3S. The molecule has 1 aliphatic heterocycles. The molecule has 0 amide bonds. The Kier molecular flexibility index (Phi) is 6.31. The van der Waals surface area contributed by atoms with Crippen LogP contribution in [0.2, 0.25) is 10.0 Å². The van der Waals surface area contributed by atoms with Gasteiger partial charge < -0.3 is 10.1 Å². The van der Waals surface area contributed by atoms with Gasteiger partial charge in [0.2, 0.25) is 0 Å². The molecule has 9 heteroatoms. The Bertz CT molecular complexity index is 1390. The SMILES string of the molecule is COc1ccc(Br)cc1[C@H]1Nc2ccc(S(=O)(=O)Nc3cc(Cl)cc(Cl)c3)cc2[C@H]2C=CC[C@H]21. The van der Waals surface area contributed by atoms with Gasteiger partial charge in [-0.05, 0) is 72.5 Å². The van der Waals surface area contributed by atoms with Crippen LogP contribution in [-0.2, 0) is 10.0 Å². The standard InChI is InChI=1S/C25H21BrCl2N2O3S/c1-33-24-8-5-14(26)9-22(24)25-20-4-2-3-19(20)21-13-18(6-7-23(21)29-25)34(31,32)30-17-11-15(27)10-16(28)12-17/h2-3,5-13,19-20,25,29-30H,4H2,1H3/t19-,20+,25-/m0/s1. The largest absolute Gasteiger partial charge is 0.496 e. The van der Waals surface area contributed by atoms with Crippen molar-refractivity contribution in [3.05, 3.63) is 92.4 Å². The van der Waals surface area contributed by atoms with Crippen LogP contribution < -0.4 is 14.8 Å². The molecule has 0 unspecified atom stereocenters. The van der Waals surface area contributed by atoms with Crippen molar-refractivity contribution >= 4 is 60.5 Å². The molecule has 176 valence electrons. The molecule has 3 atom stereocenters. The highest BCUT2D eigenvalue weighted by Gasteiger charge is 2.39. The zero-order valence-electron chi connectivity index (χ0n) is 18.1. The van der Waals surface area contributed by atoms with Gasteiger partial charge in [-0.15, -0.1) is 0 Å². The Morgan fingerprint density at radius 3 is 2.53 bits per heavy atom. The van der Waals surface area contributed by atoms with Gasteiger partial charge in [0.15, 0.2) is 0 Å². The predicted octanol–water partition coefficient (Wildman–Crippen LogP) is 7.39. The van der Waals surface area contributed by atoms with E-state index >= 15 is 0 Å². The van der Waals surface area contributed by atoms with Crippen molar-refractivity contribution in [1.82, 2.24) is 0 Å². The number of methoxy groups -OCH3 is 1. The Labute approximate surface area is 217 Å². The van der Waals surface area contributed by atoms with Gasteiger partial charge >= 0.3 is 0 Å². The average molecular weight is 580 g/mol. The first-order chi connectivity index (χ1) is 16.2. The fourth-order valence-electron chi connectivity index (χ4n) is 4.82. The normalized spacial score (nSPS) is 20.9. The highest BCUT2D eigenvalue weighted by molar-refractivity contribution is 9.10. The first kappa shape index (κ1) is 23.5. The highest BCUT2D eigenvalue weighted by atomic mass is 79.9. The predicted molar refractivity (Wildman–Crippen MR) is 141 cm³/mol. The quantitative estimate of drug-likeness (QED) is 0.309. The number of rotatable bonds is 5. The van der Waals surface area contributed by atoms with Crippen molar-refractivity contribution in [2.75, 3.05) is 17.1 Å². The van der Waals surface area contributed by atoms with Crippen LogP contribution in [0.25, 0.3) is 0 Å². The number of fused-ring (bicyclic) bond motifs is 3. The molecule has 3 aromatic rings. The monoisotopic (exact) mass is 578 g/mol. The molecule has 34 heavy (non-hydrogen) atoms. The lowest BCUT2D eigenvalue weighted by molar-refractivity contribution is 0.381. The van der Waals surface area contributed by atoms with E-state index in [1.54, 1.807) is 25.3 Å². The number of hydrogen-bond acceptors (Lipinski definition) is 4. The van der Waals surface area contributed by atoms with E-state index in [0.717, 1.165) is 33.5 Å². The number of sulfonamides is 1. The molecule has 1 heterocycles. The number of nitrogens with one attached hydrogen (secondary N) is 2. The van der Waals surface area contributed by atoms with Crippen LogP contribution in [0.1, 0.15) is 29.5 Å². The summed E-state index contributed by atoms with van der Waals surface area (Å²) in [6.07, 6.45) is 5.22. The minimum Gasteiger partial charge on any atom is -0.496 e. The highest BCUT2D eigenvalue weighted by Crippen LogP contribution is 2.51. The lowest BCUT2D eigenvalue weighted by atomic mass is 9.77. The lowest BCUT2D eigenvalue weighted by Gasteiger charge is -2.38. The van der Waals surface area contributed by atoms with Gasteiger partial charge in [0.1, 0.15) is 5.75 Å². The molecule has 0 saturated heterocycles. The number of hydrogen-bond donors (Lipinski definition) is 2. The Morgan fingerprint density at radius 2 is 1.79 bits per heavy atom. The summed E-state index contributed by atoms with van der Waals surface area (Å²) in [6, 6.07) is 15.8. The van der Waals surface area contributed by atoms with E-state index in [9.17, 15) is 8.42 Å². The molecule has 0 fully saturated rings. The summed E-state index contributed by atoms with van der Waals surface area (Å²) in [5, 5.41) is 4.35. The van der Waals surface area contributed by atoms with Crippen molar-refractivity contribution in [3.63, 3.8) is 0 Å². The maximum Gasteiger partial charge on any atom is 0.261 e. The zero-order chi connectivity index (χ0) is 24.0. The summed E-state index contributed by atoms with van der Waals surface area (Å²) in [5.41, 5.74) is 3.24. The van der Waals surface area contributed by atoms with E-state index in [1.165, 1.54) is 12.1 Å². The summed E-state index contributed by atoms with van der Waals surface area (Å²) >= 11 is 15.6. The van der Waals surface area contributed by atoms with Crippen LogP contribution >= 0.6 is 39.1 Å². The molecule has 0 spiro atoms. The third-order valence-electron chi connectivity index (χ3n) is 6.29. The van der Waals surface area contributed by atoms with Crippen LogP contribution in [0.15, 0.2) is 76.1 Å². The van der Waals surface area contributed by atoms with E-state index in [1.807, 2.05) is 18.2 Å². The minimum atomic E-state index is -3.84. The van der Waals surface area contributed by atoms with Crippen LogP contribution in [-0.4, -0.2) is 15.5 Å². The topological polar surface area (TPSA) is 67.4 Å². The van der Waals surface area contributed by atoms with Crippen molar-refractivity contribution in [2.45, 2.75) is 23.3 Å². The molecule has 5 rings (SSSR count). The van der Waals surface area contributed by atoms with Crippen LogP contribution in [0.3, 0.4) is 0 Å². The molecular weight excluding hydrogens is 559 g/mol. The smallest absolute Gasteiger partial charge is 0.261 e. The number of halogens is 3. The van der Waals surface area contributed by atoms with Gasteiger partial charge in [0, 0.05) is 31.7 Å². The third kappa shape index (κ3) is 4.42. The van der Waals surface area contributed by atoms with E-state index < -0.39 is 10.0 Å². The molecule has 0 bridgehead atoms. The second kappa shape index (κ2) is 9.11. The van der Waals surface area contributed by atoms with Gasteiger partial charge in [-0.3, -0.25) is 4.72 Å². The molecule has 5 nitrogen and oxygen atoms in total. The zero-order valence-corrected chi connectivity index (χ0v) is 22.0. The summed E-state index contributed by atoms with van der Waals surface area (Å²) in [6.45, 7) is 0. The van der Waals surface area contributed by atoms with E-state index in [2.05, 4.69) is 44.2 Å². The van der Waals surface area contributed by atoms with Gasteiger partial charge in [-0.25, -0.2) is 8.42 Å². The number of anilines is 2. The second-order valence-electron chi connectivity index (χ2n) is 8.37. The molecule has 1 aliphatic carbocycles. The summed E-state index contributed by atoms with van der Waals surface area (Å²) < 4.78 is 35.5. The third-order valence-corrected chi connectivity index (χ3v) is 8.59. The Hall–Kier alpha value is -2.19. The number of ether oxygens (including phenoxy) is 1. The van der Waals surface area contributed by atoms with Crippen molar-refractivity contribution in [2.24, 2.45) is 5.92 Å². The van der Waals surface area contributed by atoms with Crippen molar-refractivity contribution < 1.29 is 13.2 Å². The van der Waals surface area contributed by atoms with E-state index in [-0.39, 0.29) is 22.8 Å². The minimum absolute atomic E-state index is 0.0223. The summed E-state index contributed by atoms with van der Waals surface area (Å²) in [5.74, 6) is 1.13. The van der Waals surface area contributed by atoms with E-state index in [0.29, 0.717) is 15.7 Å². The maximum atomic E-state index is 13.2. The van der Waals surface area contributed by atoms with Gasteiger partial charge in [-0.2, -0.15) is 0 Å². The molecule has 3 aromatic carbocycles. The molecule has 2 N–H and O–H groups in total. The van der Waals surface area contributed by atoms with Crippen LogP contribution in [0.5, 0.6) is 5.75 Å². The lowest BCUT2D eigenvalue weighted by Crippen LogP contribution is -2.29. The fourth-order valence-corrected chi connectivity index (χ4v) is 6.80. The number of benzene rings is 3. The van der Waals surface area contributed by atoms with Crippen molar-refractivity contribution in [1.29, 1.82) is 0 Å². The molecule has 0 aromatic heterocycles. The fraction of sp³-hybridized carbons (Fsp3) is 0.200. The molecule has 2 aliphatic rings.